The van der Waals surface area contributed by atoms with E-state index in [0.29, 0.717) is 17.8 Å². The molecule has 5 heteroatoms. The number of carbonyl (C=O) groups excluding carboxylic acids is 1. The average molecular weight is 271 g/mol. The van der Waals surface area contributed by atoms with E-state index in [4.69, 9.17) is 10.5 Å². The molecular formula is C15H17N3O2. The Morgan fingerprint density at radius 1 is 1.35 bits per heavy atom. The molecule has 0 radical (unpaired) electrons. The van der Waals surface area contributed by atoms with Crippen molar-refractivity contribution in [2.24, 2.45) is 0 Å². The number of hydrogen-bond donors (Lipinski definition) is 2. The maximum Gasteiger partial charge on any atom is 0.340 e. The lowest BCUT2D eigenvalue weighted by Crippen LogP contribution is -2.11. The van der Waals surface area contributed by atoms with Gasteiger partial charge in [-0.15, -0.1) is 0 Å². The van der Waals surface area contributed by atoms with Crippen molar-refractivity contribution >= 4 is 17.3 Å². The Morgan fingerprint density at radius 3 is 2.90 bits per heavy atom. The highest BCUT2D eigenvalue weighted by atomic mass is 16.5. The van der Waals surface area contributed by atoms with Crippen LogP contribution in [0.2, 0.25) is 0 Å². The van der Waals surface area contributed by atoms with Gasteiger partial charge in [0.05, 0.1) is 24.0 Å². The zero-order valence-electron chi connectivity index (χ0n) is 11.3. The van der Waals surface area contributed by atoms with Crippen LogP contribution in [-0.4, -0.2) is 24.6 Å². The fourth-order valence-corrected chi connectivity index (χ4v) is 1.89. The second-order valence-electron chi connectivity index (χ2n) is 4.30. The fourth-order valence-electron chi connectivity index (χ4n) is 1.89. The van der Waals surface area contributed by atoms with E-state index in [-0.39, 0.29) is 0 Å². The van der Waals surface area contributed by atoms with Crippen molar-refractivity contribution in [1.82, 2.24) is 4.98 Å². The van der Waals surface area contributed by atoms with E-state index < -0.39 is 5.97 Å². The van der Waals surface area contributed by atoms with Crippen molar-refractivity contribution < 1.29 is 9.53 Å². The Bertz CT molecular complexity index is 585. The van der Waals surface area contributed by atoms with Crippen LogP contribution < -0.4 is 11.1 Å². The van der Waals surface area contributed by atoms with E-state index in [0.717, 1.165) is 17.7 Å². The smallest absolute Gasteiger partial charge is 0.340 e. The van der Waals surface area contributed by atoms with Crippen LogP contribution in [0.3, 0.4) is 0 Å². The van der Waals surface area contributed by atoms with Gasteiger partial charge in [0, 0.05) is 18.9 Å². The van der Waals surface area contributed by atoms with Crippen LogP contribution in [0, 0.1) is 0 Å². The molecule has 1 aromatic heterocycles. The number of benzene rings is 1. The minimum atomic E-state index is -0.432. The van der Waals surface area contributed by atoms with Gasteiger partial charge in [-0.3, -0.25) is 4.98 Å². The van der Waals surface area contributed by atoms with Gasteiger partial charge in [-0.25, -0.2) is 4.79 Å². The average Bonchev–Trinajstić information content (AvgIpc) is 2.49. The first-order valence-electron chi connectivity index (χ1n) is 6.32. The van der Waals surface area contributed by atoms with E-state index in [9.17, 15) is 4.79 Å². The number of nitrogens with two attached hydrogens (primary N) is 1. The summed E-state index contributed by atoms with van der Waals surface area (Å²) in [6, 6.07) is 9.18. The van der Waals surface area contributed by atoms with Gasteiger partial charge in [0.1, 0.15) is 0 Å². The molecule has 0 amide bonds. The maximum absolute atomic E-state index is 11.5. The maximum atomic E-state index is 11.5. The molecule has 1 heterocycles. The quantitative estimate of drug-likeness (QED) is 0.643. The molecule has 5 nitrogen and oxygen atoms in total. The minimum absolute atomic E-state index is 0.374. The third-order valence-electron chi connectivity index (χ3n) is 2.96. The summed E-state index contributed by atoms with van der Waals surface area (Å²) < 4.78 is 4.69. The van der Waals surface area contributed by atoms with Gasteiger partial charge in [-0.2, -0.15) is 0 Å². The van der Waals surface area contributed by atoms with Crippen LogP contribution in [0.5, 0.6) is 0 Å². The summed E-state index contributed by atoms with van der Waals surface area (Å²) >= 11 is 0. The number of hydrogen-bond acceptors (Lipinski definition) is 5. The van der Waals surface area contributed by atoms with Crippen molar-refractivity contribution in [2.45, 2.75) is 6.42 Å². The molecule has 20 heavy (non-hydrogen) atoms. The van der Waals surface area contributed by atoms with Gasteiger partial charge in [0.15, 0.2) is 0 Å². The largest absolute Gasteiger partial charge is 0.465 e. The van der Waals surface area contributed by atoms with Crippen LogP contribution in [0.25, 0.3) is 0 Å². The highest BCUT2D eigenvalue weighted by Gasteiger charge is 2.12. The molecule has 0 atom stereocenters. The van der Waals surface area contributed by atoms with Gasteiger partial charge in [-0.05, 0) is 30.2 Å². The number of anilines is 2. The Hall–Kier alpha value is -2.56. The van der Waals surface area contributed by atoms with Gasteiger partial charge in [0.25, 0.3) is 0 Å². The number of esters is 1. The summed E-state index contributed by atoms with van der Waals surface area (Å²) in [4.78, 5) is 15.6. The molecule has 0 unspecified atom stereocenters. The topological polar surface area (TPSA) is 77.2 Å². The van der Waals surface area contributed by atoms with Crippen molar-refractivity contribution in [2.75, 3.05) is 24.7 Å². The first kappa shape index (κ1) is 13.9. The number of ether oxygens (including phenoxy) is 1. The number of methoxy groups -OCH3 is 1. The van der Waals surface area contributed by atoms with E-state index in [2.05, 4.69) is 10.3 Å². The second kappa shape index (κ2) is 6.56. The first-order valence-corrected chi connectivity index (χ1v) is 6.32. The number of carbonyl (C=O) groups is 1. The number of nitrogen functional groups attached to an aromatic ring is 1. The predicted molar refractivity (Wildman–Crippen MR) is 78.6 cm³/mol. The van der Waals surface area contributed by atoms with Crippen molar-refractivity contribution in [3.63, 3.8) is 0 Å². The molecule has 0 saturated carbocycles. The SMILES string of the molecule is COC(=O)c1cccc(NCCc2cccnc2)c1N. The summed E-state index contributed by atoms with van der Waals surface area (Å²) in [6.45, 7) is 0.709. The van der Waals surface area contributed by atoms with Crippen molar-refractivity contribution in [3.05, 3.63) is 53.9 Å². The van der Waals surface area contributed by atoms with Crippen LogP contribution in [-0.2, 0) is 11.2 Å². The Labute approximate surface area is 117 Å². The highest BCUT2D eigenvalue weighted by molar-refractivity contribution is 5.98. The summed E-state index contributed by atoms with van der Waals surface area (Å²) in [5, 5.41) is 3.22. The normalized spacial score (nSPS) is 10.1. The molecule has 1 aromatic carbocycles. The van der Waals surface area contributed by atoms with E-state index >= 15 is 0 Å². The van der Waals surface area contributed by atoms with E-state index in [1.165, 1.54) is 7.11 Å². The number of nitrogens with one attached hydrogen (secondary N) is 1. The summed E-state index contributed by atoms with van der Waals surface area (Å²) in [5.41, 5.74) is 8.62. The number of nitrogens with zero attached hydrogens (tertiary/aromatic N) is 1. The number of pyridine rings is 1. The Morgan fingerprint density at radius 2 is 2.20 bits per heavy atom. The van der Waals surface area contributed by atoms with E-state index in [1.54, 1.807) is 18.3 Å². The van der Waals surface area contributed by atoms with Crippen molar-refractivity contribution in [3.8, 4) is 0 Å². The fraction of sp³-hybridized carbons (Fsp3) is 0.200. The van der Waals surface area contributed by atoms with Gasteiger partial charge in [0.2, 0.25) is 0 Å². The summed E-state index contributed by atoms with van der Waals surface area (Å²) in [6.07, 6.45) is 4.40. The van der Waals surface area contributed by atoms with Crippen LogP contribution in [0.1, 0.15) is 15.9 Å². The van der Waals surface area contributed by atoms with Gasteiger partial charge >= 0.3 is 5.97 Å². The van der Waals surface area contributed by atoms with Crippen molar-refractivity contribution in [1.29, 1.82) is 0 Å². The molecule has 2 rings (SSSR count). The highest BCUT2D eigenvalue weighted by Crippen LogP contribution is 2.23. The summed E-state index contributed by atoms with van der Waals surface area (Å²) in [7, 11) is 1.34. The molecule has 0 aliphatic heterocycles. The zero-order valence-corrected chi connectivity index (χ0v) is 11.3. The number of aromatic nitrogens is 1. The first-order chi connectivity index (χ1) is 9.72. The molecule has 3 N–H and O–H groups in total. The third kappa shape index (κ3) is 3.26. The third-order valence-corrected chi connectivity index (χ3v) is 2.96. The molecule has 0 aliphatic rings. The molecule has 0 aliphatic carbocycles. The monoisotopic (exact) mass is 271 g/mol. The molecule has 2 aromatic rings. The number of rotatable bonds is 5. The molecule has 0 bridgehead atoms. The van der Waals surface area contributed by atoms with Crippen LogP contribution in [0.15, 0.2) is 42.7 Å². The lowest BCUT2D eigenvalue weighted by molar-refractivity contribution is 0.0602. The Balaban J connectivity index is 2.01. The summed E-state index contributed by atoms with van der Waals surface area (Å²) in [5.74, 6) is -0.432. The minimum Gasteiger partial charge on any atom is -0.465 e. The van der Waals surface area contributed by atoms with Crippen LogP contribution in [0.4, 0.5) is 11.4 Å². The molecule has 0 spiro atoms. The zero-order chi connectivity index (χ0) is 14.4. The second-order valence-corrected chi connectivity index (χ2v) is 4.30. The Kier molecular flexibility index (Phi) is 4.55. The predicted octanol–water partition coefficient (Wildman–Crippen LogP) is 2.10. The lowest BCUT2D eigenvalue weighted by Gasteiger charge is -2.11. The van der Waals surface area contributed by atoms with Gasteiger partial charge < -0.3 is 15.8 Å². The standard InChI is InChI=1S/C15H17N3O2/c1-20-15(19)12-5-2-6-13(14(12)16)18-9-7-11-4-3-8-17-10-11/h2-6,8,10,18H,7,9,16H2,1H3. The van der Waals surface area contributed by atoms with Crippen LogP contribution >= 0.6 is 0 Å². The molecule has 104 valence electrons. The lowest BCUT2D eigenvalue weighted by atomic mass is 10.1. The molecule has 0 saturated heterocycles. The van der Waals surface area contributed by atoms with Gasteiger partial charge in [-0.1, -0.05) is 12.1 Å². The molecule has 0 fully saturated rings. The molecular weight excluding hydrogens is 254 g/mol. The van der Waals surface area contributed by atoms with E-state index in [1.807, 2.05) is 24.4 Å². The number of para-hydroxylation sites is 1.